The van der Waals surface area contributed by atoms with Crippen molar-refractivity contribution in [1.29, 1.82) is 0 Å². The first kappa shape index (κ1) is 17.1. The van der Waals surface area contributed by atoms with Crippen LogP contribution in [0.3, 0.4) is 0 Å². The van der Waals surface area contributed by atoms with Crippen molar-refractivity contribution in [3.63, 3.8) is 0 Å². The second-order valence-electron chi connectivity index (χ2n) is 6.20. The Hall–Kier alpha value is -2.71. The molecule has 1 fully saturated rings. The summed E-state index contributed by atoms with van der Waals surface area (Å²) in [4.78, 5) is 23.2. The standard InChI is InChI=1S/C16H24N8O/c1-12-10-14(24-8-4-3-5-9-24)20-16(19-12)18-7-6-17-15(25)13-11-23(2)22-21-13/h10-11H,3-9H2,1-2H3,(H,17,25)(H,18,19,20). The zero-order chi connectivity index (χ0) is 17.6. The summed E-state index contributed by atoms with van der Waals surface area (Å²) in [6, 6.07) is 2.02. The van der Waals surface area contributed by atoms with E-state index in [2.05, 4.69) is 35.8 Å². The number of hydrogen-bond acceptors (Lipinski definition) is 7. The van der Waals surface area contributed by atoms with Crippen molar-refractivity contribution in [2.75, 3.05) is 36.4 Å². The van der Waals surface area contributed by atoms with E-state index < -0.39 is 0 Å². The fourth-order valence-electron chi connectivity index (χ4n) is 2.81. The molecule has 9 nitrogen and oxygen atoms in total. The van der Waals surface area contributed by atoms with Crippen LogP contribution in [0.2, 0.25) is 0 Å². The number of carbonyl (C=O) groups excluding carboxylic acids is 1. The van der Waals surface area contributed by atoms with Gasteiger partial charge in [0.25, 0.3) is 5.91 Å². The van der Waals surface area contributed by atoms with Crippen molar-refractivity contribution in [1.82, 2.24) is 30.3 Å². The van der Waals surface area contributed by atoms with Gasteiger partial charge < -0.3 is 15.5 Å². The van der Waals surface area contributed by atoms with Crippen LogP contribution >= 0.6 is 0 Å². The molecule has 0 saturated carbocycles. The number of piperidine rings is 1. The maximum atomic E-state index is 11.9. The van der Waals surface area contributed by atoms with Gasteiger partial charge in [-0.2, -0.15) is 4.98 Å². The molecule has 134 valence electrons. The highest BCUT2D eigenvalue weighted by atomic mass is 16.2. The Labute approximate surface area is 146 Å². The number of aryl methyl sites for hydroxylation is 2. The highest BCUT2D eigenvalue weighted by molar-refractivity contribution is 5.91. The number of nitrogens with one attached hydrogen (secondary N) is 2. The smallest absolute Gasteiger partial charge is 0.273 e. The highest BCUT2D eigenvalue weighted by Gasteiger charge is 2.14. The molecule has 3 heterocycles. The minimum absolute atomic E-state index is 0.242. The van der Waals surface area contributed by atoms with Crippen LogP contribution in [0.1, 0.15) is 35.4 Å². The lowest BCUT2D eigenvalue weighted by molar-refractivity contribution is 0.0950. The van der Waals surface area contributed by atoms with Gasteiger partial charge >= 0.3 is 0 Å². The van der Waals surface area contributed by atoms with Crippen LogP contribution in [0.25, 0.3) is 0 Å². The monoisotopic (exact) mass is 344 g/mol. The molecule has 0 aliphatic carbocycles. The first-order valence-electron chi connectivity index (χ1n) is 8.61. The zero-order valence-corrected chi connectivity index (χ0v) is 14.7. The van der Waals surface area contributed by atoms with Crippen LogP contribution in [0.15, 0.2) is 12.3 Å². The normalized spacial score (nSPS) is 14.4. The number of amides is 1. The van der Waals surface area contributed by atoms with Crippen molar-refractivity contribution < 1.29 is 4.79 Å². The lowest BCUT2D eigenvalue weighted by Gasteiger charge is -2.28. The molecular formula is C16H24N8O. The molecule has 2 aromatic heterocycles. The Morgan fingerprint density at radius 2 is 2.00 bits per heavy atom. The summed E-state index contributed by atoms with van der Waals surface area (Å²) in [5, 5.41) is 13.5. The molecule has 0 aromatic carbocycles. The second kappa shape index (κ2) is 7.91. The van der Waals surface area contributed by atoms with Gasteiger partial charge in [0.2, 0.25) is 5.95 Å². The van der Waals surface area contributed by atoms with E-state index in [0.717, 1.165) is 24.6 Å². The SMILES string of the molecule is Cc1cc(N2CCCCC2)nc(NCCNC(=O)c2cn(C)nn2)n1. The molecule has 9 heteroatoms. The fourth-order valence-corrected chi connectivity index (χ4v) is 2.81. The molecule has 0 bridgehead atoms. The number of hydrogen-bond donors (Lipinski definition) is 2. The number of nitrogens with zero attached hydrogens (tertiary/aromatic N) is 6. The third-order valence-electron chi connectivity index (χ3n) is 4.05. The Bertz CT molecular complexity index is 723. The minimum atomic E-state index is -0.242. The summed E-state index contributed by atoms with van der Waals surface area (Å²) >= 11 is 0. The lowest BCUT2D eigenvalue weighted by atomic mass is 10.1. The van der Waals surface area contributed by atoms with Gasteiger partial charge in [-0.15, -0.1) is 5.10 Å². The summed E-state index contributed by atoms with van der Waals surface area (Å²) < 4.78 is 1.50. The van der Waals surface area contributed by atoms with Crippen molar-refractivity contribution in [3.8, 4) is 0 Å². The quantitative estimate of drug-likeness (QED) is 0.746. The van der Waals surface area contributed by atoms with Crippen LogP contribution in [0, 0.1) is 6.92 Å². The van der Waals surface area contributed by atoms with Crippen molar-refractivity contribution >= 4 is 17.7 Å². The van der Waals surface area contributed by atoms with Crippen molar-refractivity contribution in [2.45, 2.75) is 26.2 Å². The molecule has 25 heavy (non-hydrogen) atoms. The van der Waals surface area contributed by atoms with E-state index in [1.165, 1.54) is 23.9 Å². The van der Waals surface area contributed by atoms with Crippen molar-refractivity contribution in [2.24, 2.45) is 7.05 Å². The minimum Gasteiger partial charge on any atom is -0.356 e. The average molecular weight is 344 g/mol. The van der Waals surface area contributed by atoms with Crippen LogP contribution in [-0.2, 0) is 7.05 Å². The first-order chi connectivity index (χ1) is 12.1. The molecule has 0 radical (unpaired) electrons. The van der Waals surface area contributed by atoms with E-state index >= 15 is 0 Å². The van der Waals surface area contributed by atoms with Gasteiger partial charge in [0.1, 0.15) is 5.82 Å². The summed E-state index contributed by atoms with van der Waals surface area (Å²) in [7, 11) is 1.72. The van der Waals surface area contributed by atoms with Gasteiger partial charge in [-0.1, -0.05) is 5.21 Å². The molecule has 1 aliphatic heterocycles. The molecule has 0 unspecified atom stereocenters. The zero-order valence-electron chi connectivity index (χ0n) is 14.7. The predicted octanol–water partition coefficient (Wildman–Crippen LogP) is 0.746. The van der Waals surface area contributed by atoms with E-state index in [-0.39, 0.29) is 5.91 Å². The second-order valence-corrected chi connectivity index (χ2v) is 6.20. The largest absolute Gasteiger partial charge is 0.356 e. The predicted molar refractivity (Wildman–Crippen MR) is 94.7 cm³/mol. The topological polar surface area (TPSA) is 101 Å². The molecular weight excluding hydrogens is 320 g/mol. The Kier molecular flexibility index (Phi) is 5.42. The maximum absolute atomic E-state index is 11.9. The van der Waals surface area contributed by atoms with Gasteiger partial charge in [-0.05, 0) is 26.2 Å². The number of aromatic nitrogens is 5. The van der Waals surface area contributed by atoms with E-state index in [4.69, 9.17) is 0 Å². The van der Waals surface area contributed by atoms with E-state index in [1.807, 2.05) is 13.0 Å². The summed E-state index contributed by atoms with van der Waals surface area (Å²) in [5.74, 6) is 1.32. The Balaban J connectivity index is 1.51. The Morgan fingerprint density at radius 1 is 1.20 bits per heavy atom. The van der Waals surface area contributed by atoms with E-state index in [0.29, 0.717) is 24.7 Å². The first-order valence-corrected chi connectivity index (χ1v) is 8.61. The van der Waals surface area contributed by atoms with E-state index in [1.54, 1.807) is 13.2 Å². The van der Waals surface area contributed by atoms with Gasteiger partial charge in [0, 0.05) is 45.0 Å². The van der Waals surface area contributed by atoms with Crippen LogP contribution < -0.4 is 15.5 Å². The molecule has 1 saturated heterocycles. The lowest BCUT2D eigenvalue weighted by Crippen LogP contribution is -2.31. The number of anilines is 2. The van der Waals surface area contributed by atoms with Crippen LogP contribution in [-0.4, -0.2) is 57.0 Å². The highest BCUT2D eigenvalue weighted by Crippen LogP contribution is 2.19. The van der Waals surface area contributed by atoms with Gasteiger partial charge in [0.15, 0.2) is 5.69 Å². The molecule has 2 aromatic rings. The molecule has 1 amide bonds. The third-order valence-corrected chi connectivity index (χ3v) is 4.05. The summed E-state index contributed by atoms with van der Waals surface area (Å²) in [6.07, 6.45) is 5.29. The molecule has 0 atom stereocenters. The van der Waals surface area contributed by atoms with Gasteiger partial charge in [0.05, 0.1) is 6.20 Å². The number of carbonyl (C=O) groups is 1. The average Bonchev–Trinajstić information content (AvgIpc) is 3.05. The summed E-state index contributed by atoms with van der Waals surface area (Å²) in [6.45, 7) is 5.05. The van der Waals surface area contributed by atoms with Crippen LogP contribution in [0.4, 0.5) is 11.8 Å². The third kappa shape index (κ3) is 4.65. The molecule has 2 N–H and O–H groups in total. The molecule has 0 spiro atoms. The van der Waals surface area contributed by atoms with Crippen molar-refractivity contribution in [3.05, 3.63) is 23.7 Å². The van der Waals surface area contributed by atoms with Gasteiger partial charge in [-0.3, -0.25) is 9.48 Å². The van der Waals surface area contributed by atoms with E-state index in [9.17, 15) is 4.79 Å². The van der Waals surface area contributed by atoms with Gasteiger partial charge in [-0.25, -0.2) is 4.98 Å². The Morgan fingerprint density at radius 3 is 2.72 bits per heavy atom. The fraction of sp³-hybridized carbons (Fsp3) is 0.562. The van der Waals surface area contributed by atoms with Crippen LogP contribution in [0.5, 0.6) is 0 Å². The summed E-state index contributed by atoms with van der Waals surface area (Å²) in [5.41, 5.74) is 1.24. The maximum Gasteiger partial charge on any atom is 0.273 e. The number of rotatable bonds is 6. The molecule has 3 rings (SSSR count). The molecule has 1 aliphatic rings.